The van der Waals surface area contributed by atoms with Gasteiger partial charge in [-0.05, 0) is 121 Å². The minimum absolute atomic E-state index is 1.12. The second kappa shape index (κ2) is 12.9. The van der Waals surface area contributed by atoms with Crippen molar-refractivity contribution >= 4 is 125 Å². The van der Waals surface area contributed by atoms with Crippen LogP contribution in [0.3, 0.4) is 0 Å². The zero-order valence-electron chi connectivity index (χ0n) is 35.2. The molecule has 0 bridgehead atoms. The molecule has 0 aliphatic rings. The maximum atomic E-state index is 2.54. The average Bonchev–Trinajstić information content (AvgIpc) is 3.88. The van der Waals surface area contributed by atoms with Crippen molar-refractivity contribution in [3.63, 3.8) is 0 Å². The molecule has 65 heavy (non-hydrogen) atoms. The summed E-state index contributed by atoms with van der Waals surface area (Å²) in [6, 6.07) is 83.6. The first-order chi connectivity index (χ1) is 32.2. The van der Waals surface area contributed by atoms with Gasteiger partial charge in [0, 0.05) is 49.4 Å². The van der Waals surface area contributed by atoms with Gasteiger partial charge in [0.25, 0.3) is 0 Å². The number of fused-ring (bicyclic) bond motifs is 6. The molecule has 0 atom stereocenters. The maximum absolute atomic E-state index is 2.54. The van der Waals surface area contributed by atoms with Gasteiger partial charge in [-0.1, -0.05) is 158 Å². The molecular formula is C62H37N3. The van der Waals surface area contributed by atoms with Gasteiger partial charge in [-0.25, -0.2) is 0 Å². The minimum Gasteiger partial charge on any atom is -0.309 e. The Bertz CT molecular complexity index is 4240. The summed E-state index contributed by atoms with van der Waals surface area (Å²) >= 11 is 0. The third-order valence-corrected chi connectivity index (χ3v) is 14.3. The largest absolute Gasteiger partial charge is 0.309 e. The van der Waals surface area contributed by atoms with Crippen LogP contribution in [0.5, 0.6) is 0 Å². The number of hydrogen-bond donors (Lipinski definition) is 0. The molecule has 0 N–H and O–H groups in total. The summed E-state index contributed by atoms with van der Waals surface area (Å²) in [4.78, 5) is 2.54. The highest BCUT2D eigenvalue weighted by Crippen LogP contribution is 2.49. The van der Waals surface area contributed by atoms with Crippen LogP contribution in [0, 0.1) is 0 Å². The van der Waals surface area contributed by atoms with Gasteiger partial charge >= 0.3 is 0 Å². The van der Waals surface area contributed by atoms with Gasteiger partial charge in [0.15, 0.2) is 0 Å². The fourth-order valence-corrected chi connectivity index (χ4v) is 11.6. The Kier molecular flexibility index (Phi) is 6.95. The lowest BCUT2D eigenvalue weighted by atomic mass is 9.91. The van der Waals surface area contributed by atoms with Gasteiger partial charge in [-0.3, -0.25) is 0 Å². The van der Waals surface area contributed by atoms with Crippen LogP contribution < -0.4 is 4.90 Å². The number of benzene rings is 13. The third-order valence-electron chi connectivity index (χ3n) is 14.3. The number of hydrogen-bond acceptors (Lipinski definition) is 1. The average molecular weight is 824 g/mol. The highest BCUT2D eigenvalue weighted by Gasteiger charge is 2.24. The highest BCUT2D eigenvalue weighted by molar-refractivity contribution is 6.28. The van der Waals surface area contributed by atoms with E-state index in [9.17, 15) is 0 Å². The highest BCUT2D eigenvalue weighted by atomic mass is 15.1. The summed E-state index contributed by atoms with van der Waals surface area (Å²) in [5.74, 6) is 0. The minimum atomic E-state index is 1.12. The zero-order chi connectivity index (χ0) is 42.3. The summed E-state index contributed by atoms with van der Waals surface area (Å²) in [5, 5.41) is 20.2. The summed E-state index contributed by atoms with van der Waals surface area (Å²) < 4.78 is 4.86. The second-order valence-electron chi connectivity index (χ2n) is 17.7. The lowest BCUT2D eigenvalue weighted by Crippen LogP contribution is -2.11. The molecule has 0 fully saturated rings. The van der Waals surface area contributed by atoms with Gasteiger partial charge in [0.05, 0.1) is 33.4 Å². The van der Waals surface area contributed by atoms with E-state index in [0.717, 1.165) is 28.4 Å². The first-order valence-corrected chi connectivity index (χ1v) is 22.5. The summed E-state index contributed by atoms with van der Waals surface area (Å²) in [6.07, 6.45) is 0. The molecule has 0 saturated carbocycles. The lowest BCUT2D eigenvalue weighted by Gasteiger charge is -2.29. The summed E-state index contributed by atoms with van der Waals surface area (Å²) in [5.41, 5.74) is 10.5. The normalized spacial score (nSPS) is 12.3. The number of nitrogens with zero attached hydrogens (tertiary/aromatic N) is 3. The Hall–Kier alpha value is -8.66. The lowest BCUT2D eigenvalue weighted by molar-refractivity contribution is 1.15. The molecule has 0 saturated heterocycles. The molecular weight excluding hydrogens is 787 g/mol. The first kappa shape index (κ1) is 34.9. The molecule has 0 unspecified atom stereocenters. The molecule has 0 amide bonds. The molecule has 2 aromatic heterocycles. The van der Waals surface area contributed by atoms with Crippen LogP contribution in [0.4, 0.5) is 17.1 Å². The van der Waals surface area contributed by atoms with Gasteiger partial charge in [0.2, 0.25) is 0 Å². The molecule has 300 valence electrons. The zero-order valence-corrected chi connectivity index (χ0v) is 35.2. The van der Waals surface area contributed by atoms with Gasteiger partial charge < -0.3 is 14.0 Å². The molecule has 0 radical (unpaired) electrons. The van der Waals surface area contributed by atoms with Crippen molar-refractivity contribution in [2.24, 2.45) is 0 Å². The van der Waals surface area contributed by atoms with Crippen molar-refractivity contribution in [2.75, 3.05) is 4.90 Å². The van der Waals surface area contributed by atoms with Crippen LogP contribution in [0.15, 0.2) is 224 Å². The number of anilines is 3. The topological polar surface area (TPSA) is 13.1 Å². The molecule has 0 aliphatic carbocycles. The van der Waals surface area contributed by atoms with E-state index >= 15 is 0 Å². The Balaban J connectivity index is 1.01. The summed E-state index contributed by atoms with van der Waals surface area (Å²) in [7, 11) is 0. The summed E-state index contributed by atoms with van der Waals surface area (Å²) in [6.45, 7) is 0. The van der Waals surface area contributed by atoms with Gasteiger partial charge in [0.1, 0.15) is 0 Å². The SMILES string of the molecule is c1ccc(-n2c3ccccc3c3ccc(-n4c5ccccc5c5cc(N(c6ccc7ccc8cccc9ccc6c7c89)c6ccc7ccc8cccc9ccc6c7c89)ccc54)cc32)cc1. The van der Waals surface area contributed by atoms with E-state index in [0.29, 0.717) is 0 Å². The Morgan fingerprint density at radius 2 is 0.692 bits per heavy atom. The van der Waals surface area contributed by atoms with E-state index in [1.54, 1.807) is 0 Å². The monoisotopic (exact) mass is 823 g/mol. The van der Waals surface area contributed by atoms with Crippen LogP contribution in [0.2, 0.25) is 0 Å². The van der Waals surface area contributed by atoms with Crippen molar-refractivity contribution < 1.29 is 0 Å². The van der Waals surface area contributed by atoms with Crippen molar-refractivity contribution in [1.29, 1.82) is 0 Å². The Morgan fingerprint density at radius 1 is 0.246 bits per heavy atom. The van der Waals surface area contributed by atoms with E-state index in [2.05, 4.69) is 238 Å². The van der Waals surface area contributed by atoms with Crippen molar-refractivity contribution in [3.8, 4) is 11.4 Å². The predicted molar refractivity (Wildman–Crippen MR) is 277 cm³/mol. The number of para-hydroxylation sites is 3. The van der Waals surface area contributed by atoms with E-state index < -0.39 is 0 Å². The fraction of sp³-hybridized carbons (Fsp3) is 0. The molecule has 0 spiro atoms. The van der Waals surface area contributed by atoms with Crippen molar-refractivity contribution in [1.82, 2.24) is 9.13 Å². The molecule has 0 aliphatic heterocycles. The molecule has 15 aromatic rings. The molecule has 3 nitrogen and oxygen atoms in total. The van der Waals surface area contributed by atoms with Gasteiger partial charge in [-0.15, -0.1) is 0 Å². The standard InChI is InChI=1S/C62H37N3/c1-2-14-44(15-3-1)63-53-18-6-4-16-47(53)49-32-28-46(37-58(49)63)65-54-19-7-5-17-48(54)52-36-45(29-35-57(52)65)64(55-33-26-42-22-20-38-10-8-12-40-24-30-50(55)61(42)59(38)40)56-34-27-43-23-21-39-11-9-13-41-25-31-51(56)62(43)60(39)41/h1-37H. The van der Waals surface area contributed by atoms with Crippen molar-refractivity contribution in [2.45, 2.75) is 0 Å². The predicted octanol–water partition coefficient (Wildman–Crippen LogP) is 17.1. The van der Waals surface area contributed by atoms with E-state index in [1.165, 1.54) is 108 Å². The number of rotatable bonds is 5. The fourth-order valence-electron chi connectivity index (χ4n) is 11.6. The number of aromatic nitrogens is 2. The van der Waals surface area contributed by atoms with E-state index in [1.807, 2.05) is 0 Å². The Morgan fingerprint density at radius 3 is 1.29 bits per heavy atom. The van der Waals surface area contributed by atoms with Crippen LogP contribution in [-0.4, -0.2) is 9.13 Å². The quantitative estimate of drug-likeness (QED) is 0.158. The smallest absolute Gasteiger partial charge is 0.0561 e. The third kappa shape index (κ3) is 4.79. The second-order valence-corrected chi connectivity index (χ2v) is 17.7. The maximum Gasteiger partial charge on any atom is 0.0561 e. The first-order valence-electron chi connectivity index (χ1n) is 22.5. The van der Waals surface area contributed by atoms with E-state index in [-0.39, 0.29) is 0 Å². The Labute approximate surface area is 373 Å². The van der Waals surface area contributed by atoms with Crippen LogP contribution in [-0.2, 0) is 0 Å². The van der Waals surface area contributed by atoms with Crippen molar-refractivity contribution in [3.05, 3.63) is 224 Å². The van der Waals surface area contributed by atoms with Crippen LogP contribution in [0.1, 0.15) is 0 Å². The molecule has 15 rings (SSSR count). The van der Waals surface area contributed by atoms with E-state index in [4.69, 9.17) is 0 Å². The molecule has 2 heterocycles. The van der Waals surface area contributed by atoms with Gasteiger partial charge in [-0.2, -0.15) is 0 Å². The molecule has 3 heteroatoms. The van der Waals surface area contributed by atoms with Crippen LogP contribution >= 0.6 is 0 Å². The van der Waals surface area contributed by atoms with Crippen LogP contribution in [0.25, 0.3) is 120 Å². The molecule has 13 aromatic carbocycles.